The van der Waals surface area contributed by atoms with Crippen LogP contribution in [0.1, 0.15) is 80.1 Å². The molecule has 2 fully saturated rings. The molecule has 0 radical (unpaired) electrons. The Morgan fingerprint density at radius 3 is 2.40 bits per heavy atom. The molecule has 3 aliphatic rings. The number of fused-ring (bicyclic) bond motifs is 3. The van der Waals surface area contributed by atoms with Crippen LogP contribution >= 0.6 is 0 Å². The first kappa shape index (κ1) is 23.3. The predicted molar refractivity (Wildman–Crippen MR) is 116 cm³/mol. The van der Waals surface area contributed by atoms with Gasteiger partial charge in [0.05, 0.1) is 5.92 Å². The minimum absolute atomic E-state index is 0.130. The topological polar surface area (TPSA) is 72.8 Å². The zero-order chi connectivity index (χ0) is 22.3. The maximum Gasteiger partial charge on any atom is 0.313 e. The summed E-state index contributed by atoms with van der Waals surface area (Å²) in [4.78, 5) is 24.1. The maximum atomic E-state index is 13.2. The fraction of sp³-hybridized carbons (Fsp3) is 0.840. The van der Waals surface area contributed by atoms with E-state index in [-0.39, 0.29) is 35.9 Å². The molecule has 5 nitrogen and oxygen atoms in total. The molecule has 6 atom stereocenters. The van der Waals surface area contributed by atoms with Crippen LogP contribution < -0.4 is 0 Å². The first-order valence-electron chi connectivity index (χ1n) is 11.6. The van der Waals surface area contributed by atoms with Crippen molar-refractivity contribution in [2.75, 3.05) is 13.2 Å². The summed E-state index contributed by atoms with van der Waals surface area (Å²) in [6.07, 6.45) is 8.25. The van der Waals surface area contributed by atoms with Gasteiger partial charge in [0.15, 0.2) is 0 Å². The number of allylic oxidation sites excluding steroid dienone is 1. The van der Waals surface area contributed by atoms with Gasteiger partial charge >= 0.3 is 11.9 Å². The van der Waals surface area contributed by atoms with Gasteiger partial charge in [-0.2, -0.15) is 0 Å². The fourth-order valence-corrected chi connectivity index (χ4v) is 7.49. The highest BCUT2D eigenvalue weighted by Crippen LogP contribution is 2.68. The van der Waals surface area contributed by atoms with Crippen molar-refractivity contribution in [2.24, 2.45) is 34.0 Å². The van der Waals surface area contributed by atoms with E-state index in [1.165, 1.54) is 26.2 Å². The molecule has 0 heterocycles. The monoisotopic (exact) mass is 420 g/mol. The number of hydrogen-bond donors (Lipinski definition) is 1. The van der Waals surface area contributed by atoms with Crippen LogP contribution in [0.2, 0.25) is 0 Å². The van der Waals surface area contributed by atoms with Gasteiger partial charge in [-0.1, -0.05) is 45.8 Å². The summed E-state index contributed by atoms with van der Waals surface area (Å²) in [6.45, 7) is 12.6. The molecule has 170 valence electrons. The lowest BCUT2D eigenvalue weighted by Crippen LogP contribution is -2.58. The van der Waals surface area contributed by atoms with Crippen molar-refractivity contribution in [1.82, 2.24) is 0 Å². The molecule has 30 heavy (non-hydrogen) atoms. The van der Waals surface area contributed by atoms with E-state index in [2.05, 4.69) is 33.8 Å². The van der Waals surface area contributed by atoms with Gasteiger partial charge < -0.3 is 14.6 Å². The van der Waals surface area contributed by atoms with E-state index in [1.807, 2.05) is 6.92 Å². The first-order valence-corrected chi connectivity index (χ1v) is 11.6. The van der Waals surface area contributed by atoms with E-state index >= 15 is 0 Å². The third-order valence-corrected chi connectivity index (χ3v) is 8.76. The third-order valence-electron chi connectivity index (χ3n) is 8.76. The molecule has 0 bridgehead atoms. The van der Waals surface area contributed by atoms with Crippen LogP contribution in [0.3, 0.4) is 0 Å². The molecule has 0 aliphatic heterocycles. The van der Waals surface area contributed by atoms with Crippen LogP contribution in [0.4, 0.5) is 0 Å². The Kier molecular flexibility index (Phi) is 6.44. The van der Waals surface area contributed by atoms with E-state index in [0.29, 0.717) is 17.3 Å². The van der Waals surface area contributed by atoms with Crippen molar-refractivity contribution < 1.29 is 24.2 Å². The second kappa shape index (κ2) is 8.29. The molecular weight excluding hydrogens is 380 g/mol. The van der Waals surface area contributed by atoms with Crippen LogP contribution in [-0.4, -0.2) is 36.4 Å². The summed E-state index contributed by atoms with van der Waals surface area (Å²) in [6, 6.07) is 0. The Morgan fingerprint density at radius 2 is 1.73 bits per heavy atom. The quantitative estimate of drug-likeness (QED) is 0.517. The molecule has 0 unspecified atom stereocenters. The van der Waals surface area contributed by atoms with Crippen LogP contribution in [0, 0.1) is 34.0 Å². The van der Waals surface area contributed by atoms with Gasteiger partial charge in [-0.05, 0) is 67.1 Å². The molecule has 0 saturated heterocycles. The smallest absolute Gasteiger partial charge is 0.313 e. The van der Waals surface area contributed by atoms with E-state index in [1.54, 1.807) is 0 Å². The molecule has 2 saturated carbocycles. The lowest BCUT2D eigenvalue weighted by molar-refractivity contribution is -0.174. The second-order valence-corrected chi connectivity index (χ2v) is 11.2. The Balaban J connectivity index is 1.78. The van der Waals surface area contributed by atoms with Crippen molar-refractivity contribution in [3.05, 3.63) is 11.6 Å². The predicted octanol–water partition coefficient (Wildman–Crippen LogP) is 4.67. The Bertz CT molecular complexity index is 710. The Labute approximate surface area is 181 Å². The normalized spacial score (nSPS) is 38.5. The van der Waals surface area contributed by atoms with Gasteiger partial charge in [0.1, 0.15) is 19.3 Å². The minimum Gasteiger partial charge on any atom is -0.463 e. The van der Waals surface area contributed by atoms with Gasteiger partial charge in [-0.15, -0.1) is 0 Å². The van der Waals surface area contributed by atoms with E-state index in [0.717, 1.165) is 24.8 Å². The number of carbonyl (C=O) groups is 2. The van der Waals surface area contributed by atoms with Crippen LogP contribution in [0.15, 0.2) is 11.6 Å². The molecule has 0 aromatic heterocycles. The van der Waals surface area contributed by atoms with Crippen molar-refractivity contribution in [2.45, 2.75) is 86.2 Å². The number of aliphatic hydroxyl groups is 1. The Hall–Kier alpha value is -1.36. The number of ether oxygens (including phenoxy) is 2. The number of rotatable bonds is 5. The van der Waals surface area contributed by atoms with Gasteiger partial charge in [-0.3, -0.25) is 9.59 Å². The highest BCUT2D eigenvalue weighted by atomic mass is 16.6. The van der Waals surface area contributed by atoms with Gasteiger partial charge in [0.25, 0.3) is 0 Å². The first-order chi connectivity index (χ1) is 13.9. The summed E-state index contributed by atoms with van der Waals surface area (Å²) in [5.74, 6) is 0.151. The van der Waals surface area contributed by atoms with Crippen molar-refractivity contribution >= 4 is 11.9 Å². The van der Waals surface area contributed by atoms with Crippen LogP contribution in [-0.2, 0) is 19.1 Å². The maximum absolute atomic E-state index is 13.2. The zero-order valence-electron chi connectivity index (χ0n) is 19.6. The molecule has 0 spiro atoms. The average Bonchev–Trinajstić information content (AvgIpc) is 2.63. The number of hydrogen-bond acceptors (Lipinski definition) is 5. The summed E-state index contributed by atoms with van der Waals surface area (Å²) in [5.41, 5.74) is 1.54. The Morgan fingerprint density at radius 1 is 1.07 bits per heavy atom. The van der Waals surface area contributed by atoms with Gasteiger partial charge in [0, 0.05) is 6.92 Å². The molecule has 0 amide bonds. The summed E-state index contributed by atoms with van der Waals surface area (Å²) >= 11 is 0. The van der Waals surface area contributed by atoms with Crippen LogP contribution in [0.5, 0.6) is 0 Å². The molecule has 5 heteroatoms. The number of esters is 2. The molecule has 0 aromatic rings. The minimum atomic E-state index is -0.998. The third kappa shape index (κ3) is 4.06. The van der Waals surface area contributed by atoms with Gasteiger partial charge in [0.2, 0.25) is 0 Å². The average molecular weight is 421 g/mol. The summed E-state index contributed by atoms with van der Waals surface area (Å²) in [5, 5.41) is 9.99. The molecule has 3 aliphatic carbocycles. The summed E-state index contributed by atoms with van der Waals surface area (Å²) in [7, 11) is 0. The van der Waals surface area contributed by atoms with Crippen LogP contribution in [0.25, 0.3) is 0 Å². The molecule has 1 N–H and O–H groups in total. The number of aliphatic hydroxyl groups excluding tert-OH is 1. The lowest BCUT2D eigenvalue weighted by Gasteiger charge is -2.64. The van der Waals surface area contributed by atoms with E-state index < -0.39 is 12.1 Å². The molecule has 3 rings (SSSR count). The highest BCUT2D eigenvalue weighted by molar-refractivity contribution is 5.77. The fourth-order valence-electron chi connectivity index (χ4n) is 7.49. The van der Waals surface area contributed by atoms with E-state index in [9.17, 15) is 14.7 Å². The van der Waals surface area contributed by atoms with Crippen molar-refractivity contribution in [3.8, 4) is 0 Å². The summed E-state index contributed by atoms with van der Waals surface area (Å²) < 4.78 is 10.4. The molecular formula is C25H40O5. The zero-order valence-corrected chi connectivity index (χ0v) is 19.6. The van der Waals surface area contributed by atoms with Gasteiger partial charge in [-0.25, -0.2) is 0 Å². The number of carbonyl (C=O) groups excluding carboxylic acids is 2. The standard InChI is InChI=1S/C25H40O5/c1-16-8-9-20-24(5)12-7-11-23(3,4)19(24)10-13-25(20,6)21(16)22(28)30-15-18(27)14-29-17(2)26/h8,18-21,27H,7,9-15H2,1-6H3/t18-,19+,20+,21-,24-,25+/m0/s1. The highest BCUT2D eigenvalue weighted by Gasteiger charge is 2.62. The SMILES string of the molecule is CC(=O)OC[C@H](O)COC(=O)[C@@H]1C(C)=CC[C@H]2[C@@]1(C)CC[C@@H]1C(C)(C)CCC[C@]21C. The molecule has 0 aromatic carbocycles. The second-order valence-electron chi connectivity index (χ2n) is 11.2. The van der Waals surface area contributed by atoms with Crippen molar-refractivity contribution in [3.63, 3.8) is 0 Å². The van der Waals surface area contributed by atoms with E-state index in [4.69, 9.17) is 9.47 Å². The largest absolute Gasteiger partial charge is 0.463 e. The lowest BCUT2D eigenvalue weighted by atomic mass is 9.40. The van der Waals surface area contributed by atoms with Crippen molar-refractivity contribution in [1.29, 1.82) is 0 Å².